The number of benzene rings is 1. The quantitative estimate of drug-likeness (QED) is 0.620. The van der Waals surface area contributed by atoms with E-state index in [0.717, 1.165) is 25.7 Å². The van der Waals surface area contributed by atoms with Crippen molar-refractivity contribution in [1.29, 1.82) is 0 Å². The SMILES string of the molecule is CCCCCCC(OCC)(C(=O)O)C(C)Oc1ccccc1. The van der Waals surface area contributed by atoms with Crippen molar-refractivity contribution in [3.05, 3.63) is 30.3 Å². The molecule has 0 radical (unpaired) electrons. The maximum absolute atomic E-state index is 11.9. The molecule has 0 aliphatic carbocycles. The molecule has 22 heavy (non-hydrogen) atoms. The van der Waals surface area contributed by atoms with Gasteiger partial charge in [-0.3, -0.25) is 0 Å². The minimum atomic E-state index is -1.29. The molecule has 0 aliphatic heterocycles. The maximum atomic E-state index is 11.9. The van der Waals surface area contributed by atoms with Gasteiger partial charge in [0, 0.05) is 6.61 Å². The number of para-hydroxylation sites is 1. The summed E-state index contributed by atoms with van der Waals surface area (Å²) in [7, 11) is 0. The van der Waals surface area contributed by atoms with Crippen LogP contribution in [0.1, 0.15) is 52.9 Å². The van der Waals surface area contributed by atoms with Crippen LogP contribution in [0.3, 0.4) is 0 Å². The molecule has 0 spiro atoms. The van der Waals surface area contributed by atoms with Crippen molar-refractivity contribution < 1.29 is 19.4 Å². The fourth-order valence-corrected chi connectivity index (χ4v) is 2.61. The van der Waals surface area contributed by atoms with Gasteiger partial charge in [0.1, 0.15) is 11.9 Å². The van der Waals surface area contributed by atoms with Gasteiger partial charge >= 0.3 is 5.97 Å². The summed E-state index contributed by atoms with van der Waals surface area (Å²) < 4.78 is 11.5. The molecule has 4 heteroatoms. The van der Waals surface area contributed by atoms with Crippen LogP contribution in [0.15, 0.2) is 30.3 Å². The molecule has 4 nitrogen and oxygen atoms in total. The van der Waals surface area contributed by atoms with Crippen molar-refractivity contribution >= 4 is 5.97 Å². The number of ether oxygens (including phenoxy) is 2. The molecule has 0 saturated heterocycles. The fourth-order valence-electron chi connectivity index (χ4n) is 2.61. The smallest absolute Gasteiger partial charge is 0.339 e. The second kappa shape index (κ2) is 9.46. The summed E-state index contributed by atoms with van der Waals surface area (Å²) in [5.41, 5.74) is -1.29. The van der Waals surface area contributed by atoms with E-state index in [1.54, 1.807) is 6.92 Å². The predicted octanol–water partition coefficient (Wildman–Crippen LogP) is 4.28. The van der Waals surface area contributed by atoms with Crippen LogP contribution in [-0.4, -0.2) is 29.4 Å². The van der Waals surface area contributed by atoms with Gasteiger partial charge in [0.15, 0.2) is 0 Å². The molecule has 1 rings (SSSR count). The molecule has 0 fully saturated rings. The Morgan fingerprint density at radius 2 is 1.86 bits per heavy atom. The van der Waals surface area contributed by atoms with Gasteiger partial charge in [-0.15, -0.1) is 0 Å². The van der Waals surface area contributed by atoms with Crippen molar-refractivity contribution in [2.45, 2.75) is 64.6 Å². The zero-order valence-electron chi connectivity index (χ0n) is 13.9. The standard InChI is InChI=1S/C18H28O4/c1-4-6-7-11-14-18(17(19)20,21-5-2)15(3)22-16-12-9-8-10-13-16/h8-10,12-13,15H,4-7,11,14H2,1-3H3,(H,19,20). The summed E-state index contributed by atoms with van der Waals surface area (Å²) in [6.45, 7) is 6.08. The lowest BCUT2D eigenvalue weighted by Gasteiger charge is -2.35. The van der Waals surface area contributed by atoms with E-state index in [0.29, 0.717) is 18.8 Å². The Morgan fingerprint density at radius 1 is 1.18 bits per heavy atom. The van der Waals surface area contributed by atoms with E-state index in [4.69, 9.17) is 9.47 Å². The summed E-state index contributed by atoms with van der Waals surface area (Å²) in [5.74, 6) is -0.289. The van der Waals surface area contributed by atoms with Gasteiger partial charge in [-0.2, -0.15) is 0 Å². The number of unbranched alkanes of at least 4 members (excludes halogenated alkanes) is 3. The van der Waals surface area contributed by atoms with Gasteiger partial charge in [0.05, 0.1) is 0 Å². The monoisotopic (exact) mass is 308 g/mol. The molecule has 1 aromatic rings. The van der Waals surface area contributed by atoms with Crippen LogP contribution in [0.2, 0.25) is 0 Å². The Balaban J connectivity index is 2.84. The van der Waals surface area contributed by atoms with Gasteiger partial charge in [-0.1, -0.05) is 44.4 Å². The minimum Gasteiger partial charge on any atom is -0.487 e. The average molecular weight is 308 g/mol. The number of hydrogen-bond acceptors (Lipinski definition) is 3. The van der Waals surface area contributed by atoms with Crippen LogP contribution < -0.4 is 4.74 Å². The summed E-state index contributed by atoms with van der Waals surface area (Å²) in [4.78, 5) is 11.9. The highest BCUT2D eigenvalue weighted by molar-refractivity contribution is 5.78. The van der Waals surface area contributed by atoms with Gasteiger partial charge in [-0.25, -0.2) is 4.79 Å². The molecule has 0 heterocycles. The van der Waals surface area contributed by atoms with Crippen molar-refractivity contribution in [1.82, 2.24) is 0 Å². The van der Waals surface area contributed by atoms with Crippen LogP contribution in [0.4, 0.5) is 0 Å². The number of carboxylic acids is 1. The normalized spacial score (nSPS) is 15.0. The molecular weight excluding hydrogens is 280 g/mol. The second-order valence-corrected chi connectivity index (χ2v) is 5.51. The van der Waals surface area contributed by atoms with Crippen molar-refractivity contribution in [3.63, 3.8) is 0 Å². The third-order valence-electron chi connectivity index (χ3n) is 3.88. The minimum absolute atomic E-state index is 0.350. The Labute approximate surface area is 133 Å². The first kappa shape index (κ1) is 18.5. The van der Waals surface area contributed by atoms with E-state index in [1.165, 1.54) is 0 Å². The Bertz CT molecular complexity index is 432. The Kier molecular flexibility index (Phi) is 7.96. The highest BCUT2D eigenvalue weighted by Crippen LogP contribution is 2.28. The topological polar surface area (TPSA) is 55.8 Å². The molecule has 1 aromatic carbocycles. The van der Waals surface area contributed by atoms with E-state index < -0.39 is 17.7 Å². The van der Waals surface area contributed by atoms with E-state index in [2.05, 4.69) is 6.92 Å². The van der Waals surface area contributed by atoms with Crippen LogP contribution in [-0.2, 0) is 9.53 Å². The number of carboxylic acid groups (broad SMARTS) is 1. The zero-order valence-corrected chi connectivity index (χ0v) is 13.9. The predicted molar refractivity (Wildman–Crippen MR) is 87.3 cm³/mol. The van der Waals surface area contributed by atoms with Gasteiger partial charge < -0.3 is 14.6 Å². The van der Waals surface area contributed by atoms with Crippen molar-refractivity contribution in [2.75, 3.05) is 6.61 Å². The maximum Gasteiger partial charge on any atom is 0.339 e. The lowest BCUT2D eigenvalue weighted by Crippen LogP contribution is -2.53. The van der Waals surface area contributed by atoms with Gasteiger partial charge in [0.2, 0.25) is 5.60 Å². The summed E-state index contributed by atoms with van der Waals surface area (Å²) in [6.07, 6.45) is 3.96. The van der Waals surface area contributed by atoms with E-state index in [-0.39, 0.29) is 0 Å². The highest BCUT2D eigenvalue weighted by Gasteiger charge is 2.46. The van der Waals surface area contributed by atoms with Gasteiger partial charge in [0.25, 0.3) is 0 Å². The molecule has 0 amide bonds. The molecular formula is C18H28O4. The highest BCUT2D eigenvalue weighted by atomic mass is 16.6. The van der Waals surface area contributed by atoms with E-state index >= 15 is 0 Å². The molecule has 2 unspecified atom stereocenters. The molecule has 0 bridgehead atoms. The first-order valence-electron chi connectivity index (χ1n) is 8.15. The summed E-state index contributed by atoms with van der Waals surface area (Å²) in [5, 5.41) is 9.75. The van der Waals surface area contributed by atoms with Crippen molar-refractivity contribution in [2.24, 2.45) is 0 Å². The van der Waals surface area contributed by atoms with E-state index in [9.17, 15) is 9.90 Å². The van der Waals surface area contributed by atoms with Crippen molar-refractivity contribution in [3.8, 4) is 5.75 Å². The zero-order chi connectivity index (χ0) is 16.4. The van der Waals surface area contributed by atoms with Gasteiger partial charge in [-0.05, 0) is 38.8 Å². The Morgan fingerprint density at radius 3 is 2.41 bits per heavy atom. The largest absolute Gasteiger partial charge is 0.487 e. The molecule has 2 atom stereocenters. The second-order valence-electron chi connectivity index (χ2n) is 5.51. The molecule has 0 saturated carbocycles. The number of carbonyl (C=O) groups is 1. The average Bonchev–Trinajstić information content (AvgIpc) is 2.51. The Hall–Kier alpha value is -1.55. The first-order chi connectivity index (χ1) is 10.6. The van der Waals surface area contributed by atoms with Crippen LogP contribution in [0, 0.1) is 0 Å². The third-order valence-corrected chi connectivity index (χ3v) is 3.88. The van der Waals surface area contributed by atoms with E-state index in [1.807, 2.05) is 37.3 Å². The molecule has 1 N–H and O–H groups in total. The summed E-state index contributed by atoms with van der Waals surface area (Å²) in [6, 6.07) is 9.28. The molecule has 0 aliphatic rings. The number of aliphatic carboxylic acids is 1. The molecule has 124 valence electrons. The lowest BCUT2D eigenvalue weighted by molar-refractivity contribution is -0.180. The number of rotatable bonds is 11. The summed E-state index contributed by atoms with van der Waals surface area (Å²) >= 11 is 0. The first-order valence-corrected chi connectivity index (χ1v) is 8.15. The van der Waals surface area contributed by atoms with Crippen LogP contribution in [0.5, 0.6) is 5.75 Å². The number of hydrogen-bond donors (Lipinski definition) is 1. The fraction of sp³-hybridized carbons (Fsp3) is 0.611. The van der Waals surface area contributed by atoms with Crippen LogP contribution >= 0.6 is 0 Å². The van der Waals surface area contributed by atoms with Crippen LogP contribution in [0.25, 0.3) is 0 Å². The molecule has 0 aromatic heterocycles. The lowest BCUT2D eigenvalue weighted by atomic mass is 9.90. The third kappa shape index (κ3) is 5.02.